The molecule has 2 aromatic rings. The van der Waals surface area contributed by atoms with Crippen molar-refractivity contribution in [3.63, 3.8) is 0 Å². The molecule has 0 aliphatic rings. The molecule has 0 saturated heterocycles. The highest BCUT2D eigenvalue weighted by Gasteiger charge is 2.13. The molecule has 0 spiro atoms. The molecule has 0 aliphatic heterocycles. The number of benzene rings is 1. The monoisotopic (exact) mass is 273 g/mol. The molecule has 0 bridgehead atoms. The maximum atomic E-state index is 9.34. The van der Waals surface area contributed by atoms with Crippen LogP contribution in [-0.2, 0) is 0 Å². The van der Waals surface area contributed by atoms with E-state index >= 15 is 0 Å². The van der Waals surface area contributed by atoms with Crippen LogP contribution in [0.5, 0.6) is 5.75 Å². The highest BCUT2D eigenvalue weighted by atomic mass is 16.3. The maximum Gasteiger partial charge on any atom is 0.145 e. The summed E-state index contributed by atoms with van der Waals surface area (Å²) in [6.07, 6.45) is 3.30. The summed E-state index contributed by atoms with van der Waals surface area (Å²) in [5.74, 6) is 1.14. The summed E-state index contributed by atoms with van der Waals surface area (Å²) in [6.45, 7) is 4.11. The van der Waals surface area contributed by atoms with Gasteiger partial charge in [-0.3, -0.25) is 4.98 Å². The van der Waals surface area contributed by atoms with Crippen LogP contribution < -0.4 is 5.32 Å². The van der Waals surface area contributed by atoms with Crippen molar-refractivity contribution < 1.29 is 10.2 Å². The third kappa shape index (κ3) is 3.45. The van der Waals surface area contributed by atoms with Crippen molar-refractivity contribution in [1.82, 2.24) is 9.97 Å². The lowest BCUT2D eigenvalue weighted by atomic mass is 10.1. The molecule has 0 fully saturated rings. The fourth-order valence-corrected chi connectivity index (χ4v) is 1.82. The highest BCUT2D eigenvalue weighted by Crippen LogP contribution is 2.21. The van der Waals surface area contributed by atoms with Crippen LogP contribution in [0.2, 0.25) is 0 Å². The van der Waals surface area contributed by atoms with E-state index in [4.69, 9.17) is 0 Å². The van der Waals surface area contributed by atoms with Crippen LogP contribution in [0.3, 0.4) is 0 Å². The van der Waals surface area contributed by atoms with Crippen LogP contribution in [0.25, 0.3) is 11.3 Å². The number of phenols is 1. The number of hydrogen-bond donors (Lipinski definition) is 3. The topological polar surface area (TPSA) is 78.3 Å². The number of rotatable bonds is 5. The van der Waals surface area contributed by atoms with E-state index in [-0.39, 0.29) is 18.4 Å². The lowest BCUT2D eigenvalue weighted by Crippen LogP contribution is -2.29. The number of hydrogen-bond acceptors (Lipinski definition) is 5. The average molecular weight is 273 g/mol. The van der Waals surface area contributed by atoms with Crippen molar-refractivity contribution in [2.45, 2.75) is 19.9 Å². The Morgan fingerprint density at radius 1 is 1.15 bits per heavy atom. The molecule has 3 N–H and O–H groups in total. The van der Waals surface area contributed by atoms with Gasteiger partial charge >= 0.3 is 0 Å². The van der Waals surface area contributed by atoms with Gasteiger partial charge in [-0.15, -0.1) is 0 Å². The predicted molar refractivity (Wildman–Crippen MR) is 78.5 cm³/mol. The third-order valence-electron chi connectivity index (χ3n) is 3.13. The van der Waals surface area contributed by atoms with Gasteiger partial charge in [0.1, 0.15) is 11.6 Å². The van der Waals surface area contributed by atoms with E-state index < -0.39 is 0 Å². The first kappa shape index (κ1) is 14.3. The number of aromatic nitrogens is 2. The number of aliphatic hydroxyl groups excluding tert-OH is 1. The first-order valence-electron chi connectivity index (χ1n) is 6.59. The molecule has 1 heterocycles. The van der Waals surface area contributed by atoms with Crippen molar-refractivity contribution in [1.29, 1.82) is 0 Å². The fraction of sp³-hybridized carbons (Fsp3) is 0.333. The summed E-state index contributed by atoms with van der Waals surface area (Å²) in [6, 6.07) is 6.74. The Morgan fingerprint density at radius 2 is 1.85 bits per heavy atom. The van der Waals surface area contributed by atoms with Crippen LogP contribution in [0.1, 0.15) is 13.8 Å². The van der Waals surface area contributed by atoms with E-state index in [1.807, 2.05) is 13.8 Å². The van der Waals surface area contributed by atoms with Crippen molar-refractivity contribution >= 4 is 5.82 Å². The van der Waals surface area contributed by atoms with Gasteiger partial charge in [-0.05, 0) is 30.2 Å². The van der Waals surface area contributed by atoms with Crippen molar-refractivity contribution in [3.05, 3.63) is 36.7 Å². The Hall–Kier alpha value is -2.14. The van der Waals surface area contributed by atoms with Crippen LogP contribution >= 0.6 is 0 Å². The fourth-order valence-electron chi connectivity index (χ4n) is 1.82. The van der Waals surface area contributed by atoms with Crippen molar-refractivity contribution in [2.75, 3.05) is 11.9 Å². The Kier molecular flexibility index (Phi) is 4.53. The van der Waals surface area contributed by atoms with E-state index in [0.717, 1.165) is 11.3 Å². The number of aromatic hydroxyl groups is 1. The Balaban J connectivity index is 2.21. The summed E-state index contributed by atoms with van der Waals surface area (Å²) in [7, 11) is 0. The van der Waals surface area contributed by atoms with Gasteiger partial charge in [-0.2, -0.15) is 0 Å². The molecule has 0 saturated carbocycles. The van der Waals surface area contributed by atoms with E-state index in [1.165, 1.54) is 0 Å². The molecule has 0 amide bonds. The molecule has 1 aromatic carbocycles. The van der Waals surface area contributed by atoms with E-state index in [1.54, 1.807) is 36.7 Å². The molecule has 0 radical (unpaired) electrons. The summed E-state index contributed by atoms with van der Waals surface area (Å²) in [5, 5.41) is 21.8. The minimum Gasteiger partial charge on any atom is -0.508 e. The summed E-state index contributed by atoms with van der Waals surface area (Å²) in [5.41, 5.74) is 1.60. The van der Waals surface area contributed by atoms with Crippen LogP contribution in [0, 0.1) is 5.92 Å². The van der Waals surface area contributed by atoms with E-state index in [2.05, 4.69) is 15.3 Å². The normalized spacial score (nSPS) is 12.4. The standard InChI is InChI=1S/C15H19N3O2/c1-10(2)14(9-19)18-15-8-16-7-13(17-15)11-3-5-12(20)6-4-11/h3-8,10,14,19-20H,9H2,1-2H3,(H,17,18)/t14-/m1/s1. The van der Waals surface area contributed by atoms with Gasteiger partial charge in [0.15, 0.2) is 0 Å². The second-order valence-electron chi connectivity index (χ2n) is 5.01. The molecule has 1 atom stereocenters. The predicted octanol–water partition coefficient (Wildman–Crippen LogP) is 2.28. The number of phenolic OH excluding ortho intramolecular Hbond substituents is 1. The Morgan fingerprint density at radius 3 is 2.45 bits per heavy atom. The van der Waals surface area contributed by atoms with Gasteiger partial charge in [0, 0.05) is 5.56 Å². The summed E-state index contributed by atoms with van der Waals surface area (Å²) in [4.78, 5) is 8.64. The zero-order valence-corrected chi connectivity index (χ0v) is 11.6. The second-order valence-corrected chi connectivity index (χ2v) is 5.01. The molecule has 20 heavy (non-hydrogen) atoms. The smallest absolute Gasteiger partial charge is 0.145 e. The molecule has 2 rings (SSSR count). The zero-order valence-electron chi connectivity index (χ0n) is 11.6. The van der Waals surface area contributed by atoms with Crippen molar-refractivity contribution in [2.24, 2.45) is 5.92 Å². The summed E-state index contributed by atoms with van der Waals surface area (Å²) >= 11 is 0. The SMILES string of the molecule is CC(C)[C@@H](CO)Nc1cncc(-c2ccc(O)cc2)n1. The Labute approximate surface area is 118 Å². The molecule has 5 nitrogen and oxygen atoms in total. The maximum absolute atomic E-state index is 9.34. The van der Waals surface area contributed by atoms with Gasteiger partial charge < -0.3 is 15.5 Å². The number of anilines is 1. The summed E-state index contributed by atoms with van der Waals surface area (Å²) < 4.78 is 0. The lowest BCUT2D eigenvalue weighted by Gasteiger charge is -2.20. The third-order valence-corrected chi connectivity index (χ3v) is 3.13. The first-order chi connectivity index (χ1) is 9.60. The van der Waals surface area contributed by atoms with Crippen LogP contribution in [0.15, 0.2) is 36.7 Å². The lowest BCUT2D eigenvalue weighted by molar-refractivity contribution is 0.249. The van der Waals surface area contributed by atoms with Gasteiger partial charge in [-0.25, -0.2) is 4.98 Å². The Bertz CT molecular complexity index is 555. The van der Waals surface area contributed by atoms with Crippen LogP contribution in [-0.4, -0.2) is 32.8 Å². The number of aliphatic hydroxyl groups is 1. The van der Waals surface area contributed by atoms with E-state index in [9.17, 15) is 10.2 Å². The van der Waals surface area contributed by atoms with Gasteiger partial charge in [0.05, 0.1) is 30.7 Å². The van der Waals surface area contributed by atoms with Crippen LogP contribution in [0.4, 0.5) is 5.82 Å². The highest BCUT2D eigenvalue weighted by molar-refractivity contribution is 5.60. The minimum atomic E-state index is -0.0561. The number of nitrogens with zero attached hydrogens (tertiary/aromatic N) is 2. The largest absolute Gasteiger partial charge is 0.508 e. The minimum absolute atomic E-state index is 0.0444. The van der Waals surface area contributed by atoms with Gasteiger partial charge in [-0.1, -0.05) is 13.8 Å². The number of nitrogens with one attached hydrogen (secondary N) is 1. The first-order valence-corrected chi connectivity index (χ1v) is 6.59. The zero-order chi connectivity index (χ0) is 14.5. The molecule has 0 aliphatic carbocycles. The average Bonchev–Trinajstić information content (AvgIpc) is 2.45. The second kappa shape index (κ2) is 6.34. The van der Waals surface area contributed by atoms with Crippen molar-refractivity contribution in [3.8, 4) is 17.0 Å². The van der Waals surface area contributed by atoms with E-state index in [0.29, 0.717) is 11.7 Å². The quantitative estimate of drug-likeness (QED) is 0.779. The van der Waals surface area contributed by atoms with Gasteiger partial charge in [0.25, 0.3) is 0 Å². The molecular weight excluding hydrogens is 254 g/mol. The molecule has 106 valence electrons. The van der Waals surface area contributed by atoms with Gasteiger partial charge in [0.2, 0.25) is 0 Å². The molecule has 5 heteroatoms. The molecule has 1 aromatic heterocycles. The molecular formula is C15H19N3O2. The molecule has 0 unspecified atom stereocenters.